The Kier molecular flexibility index (Phi) is 11.1. The molecule has 0 aliphatic heterocycles. The summed E-state index contributed by atoms with van der Waals surface area (Å²) in [7, 11) is 0. The van der Waals surface area contributed by atoms with E-state index in [4.69, 9.17) is 34.9 Å². The molecule has 0 fully saturated rings. The van der Waals surface area contributed by atoms with Crippen LogP contribution in [0.1, 0.15) is 41.7 Å². The van der Waals surface area contributed by atoms with Crippen LogP contribution < -0.4 is 0 Å². The standard InChI is InChI=1S/C58H47N7/c1-36-13-9-10-20-53(36)47-17-12-19-49(32-47)57-63-56(48-18-11-16-46(31-48)41-14-7-6-8-15-41)64-58(65-57)52-34-50(42-21-25-44(26-22-42)54-59-37(2)29-38(3)60-54)33-51(35-52)43-23-27-45(28-24-43)55-61-39(4)30-40(5)62-55/h6-12,14-36H,13H2,1-5H3. The number of aromatic nitrogens is 7. The fraction of sp³-hybridized carbons (Fsp3) is 0.121. The van der Waals surface area contributed by atoms with E-state index < -0.39 is 0 Å². The zero-order chi connectivity index (χ0) is 44.4. The van der Waals surface area contributed by atoms with Gasteiger partial charge in [-0.3, -0.25) is 0 Å². The van der Waals surface area contributed by atoms with Crippen LogP contribution in [0.25, 0.3) is 95.9 Å². The number of rotatable bonds is 9. The lowest BCUT2D eigenvalue weighted by molar-refractivity contribution is 0.758. The maximum atomic E-state index is 5.31. The summed E-state index contributed by atoms with van der Waals surface area (Å²) in [5.74, 6) is 3.63. The summed E-state index contributed by atoms with van der Waals surface area (Å²) in [5.41, 5.74) is 17.2. The molecule has 10 rings (SSSR count). The second kappa shape index (κ2) is 17.6. The second-order valence-electron chi connectivity index (χ2n) is 16.9. The van der Waals surface area contributed by atoms with Crippen molar-refractivity contribution < 1.29 is 0 Å². The molecule has 3 heterocycles. The van der Waals surface area contributed by atoms with Gasteiger partial charge in [0.05, 0.1) is 0 Å². The molecule has 1 unspecified atom stereocenters. The fourth-order valence-electron chi connectivity index (χ4n) is 8.62. The highest BCUT2D eigenvalue weighted by Crippen LogP contribution is 2.37. The van der Waals surface area contributed by atoms with Gasteiger partial charge in [0.1, 0.15) is 0 Å². The molecule has 0 saturated heterocycles. The molecule has 0 spiro atoms. The number of hydrogen-bond acceptors (Lipinski definition) is 7. The molecular weight excluding hydrogens is 795 g/mol. The molecule has 1 aliphatic rings. The van der Waals surface area contributed by atoms with Crippen molar-refractivity contribution >= 4 is 5.57 Å². The zero-order valence-electron chi connectivity index (χ0n) is 37.2. The SMILES string of the molecule is Cc1cc(C)nc(-c2ccc(-c3cc(-c4ccc(-c5nc(C)cc(C)n5)cc4)cc(-c4nc(-c5cccc(C6=CC=CCC6C)c5)nc(-c5cccc(-c6ccccc6)c5)n4)c3)cc2)n1. The molecule has 1 atom stereocenters. The summed E-state index contributed by atoms with van der Waals surface area (Å²) < 4.78 is 0. The molecule has 0 bridgehead atoms. The maximum absolute atomic E-state index is 5.31. The van der Waals surface area contributed by atoms with Crippen LogP contribution in [0.5, 0.6) is 0 Å². The lowest BCUT2D eigenvalue weighted by atomic mass is 9.87. The van der Waals surface area contributed by atoms with Crippen LogP contribution in [0.15, 0.2) is 176 Å². The Morgan fingerprint density at radius 3 is 1.20 bits per heavy atom. The topological polar surface area (TPSA) is 90.2 Å². The van der Waals surface area contributed by atoms with E-state index >= 15 is 0 Å². The van der Waals surface area contributed by atoms with Gasteiger partial charge in [0.15, 0.2) is 29.1 Å². The minimum absolute atomic E-state index is 0.409. The predicted octanol–water partition coefficient (Wildman–Crippen LogP) is 14.0. The van der Waals surface area contributed by atoms with Crippen molar-refractivity contribution in [3.05, 3.63) is 204 Å². The van der Waals surface area contributed by atoms with Gasteiger partial charge in [-0.05, 0) is 127 Å². The van der Waals surface area contributed by atoms with Crippen molar-refractivity contribution in [1.29, 1.82) is 0 Å². The molecule has 9 aromatic rings. The molecule has 314 valence electrons. The highest BCUT2D eigenvalue weighted by Gasteiger charge is 2.18. The van der Waals surface area contributed by atoms with E-state index in [0.717, 1.165) is 90.4 Å². The normalized spacial score (nSPS) is 13.4. The van der Waals surface area contributed by atoms with Gasteiger partial charge in [0.2, 0.25) is 0 Å². The fourth-order valence-corrected chi connectivity index (χ4v) is 8.62. The van der Waals surface area contributed by atoms with Gasteiger partial charge in [-0.2, -0.15) is 0 Å². The Morgan fingerprint density at radius 1 is 0.323 bits per heavy atom. The summed E-state index contributed by atoms with van der Waals surface area (Å²) in [5, 5.41) is 0. The maximum Gasteiger partial charge on any atom is 0.164 e. The largest absolute Gasteiger partial charge is 0.233 e. The third kappa shape index (κ3) is 8.95. The molecular formula is C58H47N7. The van der Waals surface area contributed by atoms with Crippen molar-refractivity contribution in [2.45, 2.75) is 41.0 Å². The number of hydrogen-bond donors (Lipinski definition) is 0. The smallest absolute Gasteiger partial charge is 0.164 e. The van der Waals surface area contributed by atoms with Gasteiger partial charge in [-0.1, -0.05) is 140 Å². The summed E-state index contributed by atoms with van der Waals surface area (Å²) >= 11 is 0. The van der Waals surface area contributed by atoms with Crippen molar-refractivity contribution in [2.75, 3.05) is 0 Å². The van der Waals surface area contributed by atoms with Crippen LogP contribution in [0.3, 0.4) is 0 Å². The van der Waals surface area contributed by atoms with Crippen LogP contribution in [-0.4, -0.2) is 34.9 Å². The third-order valence-corrected chi connectivity index (χ3v) is 11.9. The van der Waals surface area contributed by atoms with Gasteiger partial charge in [0, 0.05) is 50.6 Å². The number of nitrogens with zero attached hydrogens (tertiary/aromatic N) is 7. The highest BCUT2D eigenvalue weighted by molar-refractivity contribution is 5.82. The van der Waals surface area contributed by atoms with Crippen LogP contribution >= 0.6 is 0 Å². The average molecular weight is 842 g/mol. The third-order valence-electron chi connectivity index (χ3n) is 11.9. The summed E-state index contributed by atoms with van der Waals surface area (Å²) in [4.78, 5) is 34.7. The van der Waals surface area contributed by atoms with E-state index in [-0.39, 0.29) is 0 Å². The average Bonchev–Trinajstić information content (AvgIpc) is 3.34. The number of benzene rings is 6. The number of aryl methyl sites for hydroxylation is 4. The van der Waals surface area contributed by atoms with Crippen LogP contribution in [0.4, 0.5) is 0 Å². The van der Waals surface area contributed by atoms with E-state index in [1.54, 1.807) is 0 Å². The lowest BCUT2D eigenvalue weighted by Crippen LogP contribution is -2.03. The Bertz CT molecular complexity index is 3130. The van der Waals surface area contributed by atoms with Gasteiger partial charge >= 0.3 is 0 Å². The zero-order valence-corrected chi connectivity index (χ0v) is 37.2. The lowest BCUT2D eigenvalue weighted by Gasteiger charge is -2.18. The van der Waals surface area contributed by atoms with Crippen LogP contribution in [0, 0.1) is 33.6 Å². The van der Waals surface area contributed by atoms with E-state index in [1.165, 1.54) is 11.1 Å². The highest BCUT2D eigenvalue weighted by atomic mass is 15.0. The van der Waals surface area contributed by atoms with Crippen LogP contribution in [0.2, 0.25) is 0 Å². The Morgan fingerprint density at radius 2 is 0.692 bits per heavy atom. The second-order valence-corrected chi connectivity index (χ2v) is 16.9. The molecule has 7 nitrogen and oxygen atoms in total. The van der Waals surface area contributed by atoms with Crippen LogP contribution in [-0.2, 0) is 0 Å². The summed E-state index contributed by atoms with van der Waals surface area (Å²) in [6.07, 6.45) is 7.62. The predicted molar refractivity (Wildman–Crippen MR) is 264 cm³/mol. The molecule has 0 saturated carbocycles. The van der Waals surface area contributed by atoms with Crippen molar-refractivity contribution in [2.24, 2.45) is 5.92 Å². The Balaban J connectivity index is 1.14. The Labute approximate surface area is 380 Å². The molecule has 1 aliphatic carbocycles. The summed E-state index contributed by atoms with van der Waals surface area (Å²) in [6.45, 7) is 10.3. The minimum Gasteiger partial charge on any atom is -0.233 e. The van der Waals surface area contributed by atoms with E-state index in [1.807, 2.05) is 45.9 Å². The Hall–Kier alpha value is -8.03. The molecule has 3 aromatic heterocycles. The van der Waals surface area contributed by atoms with Crippen molar-refractivity contribution in [3.8, 4) is 90.3 Å². The monoisotopic (exact) mass is 841 g/mol. The molecule has 6 aromatic carbocycles. The molecule has 0 N–H and O–H groups in total. The first-order chi connectivity index (χ1) is 31.7. The van der Waals surface area contributed by atoms with Gasteiger partial charge in [-0.25, -0.2) is 34.9 Å². The minimum atomic E-state index is 0.409. The van der Waals surface area contributed by atoms with Crippen molar-refractivity contribution in [1.82, 2.24) is 34.9 Å². The molecule has 7 heteroatoms. The first kappa shape index (κ1) is 41.0. The van der Waals surface area contributed by atoms with E-state index in [9.17, 15) is 0 Å². The van der Waals surface area contributed by atoms with E-state index in [0.29, 0.717) is 35.0 Å². The quantitative estimate of drug-likeness (QED) is 0.143. The first-order valence-corrected chi connectivity index (χ1v) is 22.1. The van der Waals surface area contributed by atoms with Crippen molar-refractivity contribution in [3.63, 3.8) is 0 Å². The van der Waals surface area contributed by atoms with E-state index in [2.05, 4.69) is 165 Å². The first-order valence-electron chi connectivity index (χ1n) is 22.1. The molecule has 65 heavy (non-hydrogen) atoms. The van der Waals surface area contributed by atoms with Gasteiger partial charge in [0.25, 0.3) is 0 Å². The summed E-state index contributed by atoms with van der Waals surface area (Å²) in [6, 6.07) is 55.0. The van der Waals surface area contributed by atoms with Gasteiger partial charge < -0.3 is 0 Å². The van der Waals surface area contributed by atoms with Gasteiger partial charge in [-0.15, -0.1) is 0 Å². The number of allylic oxidation sites excluding steroid dienone is 4. The molecule has 0 radical (unpaired) electrons. The molecule has 0 amide bonds.